The highest BCUT2D eigenvalue weighted by molar-refractivity contribution is 5.79. The molecule has 0 N–H and O–H groups in total. The molecular formula is C27H32FN7O2. The number of rotatable bonds is 9. The normalized spacial score (nSPS) is 14.9. The molecule has 1 fully saturated rings. The molecule has 37 heavy (non-hydrogen) atoms. The number of nitrogens with zero attached hydrogens (tertiary/aromatic N) is 7. The Morgan fingerprint density at radius 1 is 0.919 bits per heavy atom. The van der Waals surface area contributed by atoms with Gasteiger partial charge in [0.1, 0.15) is 23.8 Å². The van der Waals surface area contributed by atoms with Gasteiger partial charge in [0.2, 0.25) is 0 Å². The molecule has 1 aromatic carbocycles. The van der Waals surface area contributed by atoms with E-state index in [9.17, 15) is 4.39 Å². The second-order valence-electron chi connectivity index (χ2n) is 9.41. The number of piperazine rings is 1. The van der Waals surface area contributed by atoms with Gasteiger partial charge in [-0.2, -0.15) is 9.97 Å². The smallest absolute Gasteiger partial charge is 0.318 e. The molecule has 4 heterocycles. The molecule has 0 aliphatic carbocycles. The maximum absolute atomic E-state index is 14.1. The van der Waals surface area contributed by atoms with Crippen LogP contribution in [0, 0.1) is 12.7 Å². The van der Waals surface area contributed by atoms with Gasteiger partial charge in [-0.25, -0.2) is 9.37 Å². The fourth-order valence-electron chi connectivity index (χ4n) is 4.49. The van der Waals surface area contributed by atoms with Crippen molar-refractivity contribution in [2.75, 3.05) is 53.6 Å². The van der Waals surface area contributed by atoms with Crippen LogP contribution in [0.25, 0.3) is 22.6 Å². The van der Waals surface area contributed by atoms with E-state index in [0.717, 1.165) is 38.3 Å². The van der Waals surface area contributed by atoms with E-state index in [1.54, 1.807) is 13.3 Å². The van der Waals surface area contributed by atoms with Crippen molar-refractivity contribution < 1.29 is 13.9 Å². The van der Waals surface area contributed by atoms with Crippen molar-refractivity contribution >= 4 is 11.2 Å². The van der Waals surface area contributed by atoms with E-state index in [-0.39, 0.29) is 6.01 Å². The second kappa shape index (κ2) is 11.3. The molecule has 5 rings (SSSR count). The number of methoxy groups -OCH3 is 1. The summed E-state index contributed by atoms with van der Waals surface area (Å²) in [6.45, 7) is 8.44. The number of likely N-dealkylation sites (N-methyl/N-ethyl adjacent to an activating group) is 1. The average molecular weight is 506 g/mol. The van der Waals surface area contributed by atoms with Gasteiger partial charge in [-0.1, -0.05) is 24.3 Å². The van der Waals surface area contributed by atoms with E-state index >= 15 is 0 Å². The SMILES string of the molecule is COCCOc1nc(C)c2nc(-c3cncc(F)c3)n(Cc3ccc(CN4CCN(C)CC4)cc3)c2n1. The summed E-state index contributed by atoms with van der Waals surface area (Å²) < 4.78 is 26.8. The fraction of sp³-hybridized carbons (Fsp3) is 0.407. The van der Waals surface area contributed by atoms with E-state index in [1.807, 2.05) is 11.5 Å². The van der Waals surface area contributed by atoms with Gasteiger partial charge in [0.25, 0.3) is 0 Å². The first-order chi connectivity index (χ1) is 18.0. The molecule has 10 heteroatoms. The van der Waals surface area contributed by atoms with E-state index in [2.05, 4.69) is 56.1 Å². The van der Waals surface area contributed by atoms with Crippen molar-refractivity contribution in [1.29, 1.82) is 0 Å². The quantitative estimate of drug-likeness (QED) is 0.321. The Balaban J connectivity index is 1.46. The summed E-state index contributed by atoms with van der Waals surface area (Å²) in [5.74, 6) is 0.158. The van der Waals surface area contributed by atoms with Gasteiger partial charge >= 0.3 is 6.01 Å². The molecule has 0 spiro atoms. The summed E-state index contributed by atoms with van der Waals surface area (Å²) in [5, 5.41) is 0. The number of halogens is 1. The standard InChI is InChI=1S/C27H32FN7O2/c1-19-24-26(32-27(30-19)37-13-12-36-3)35(25(31-24)22-14-23(28)16-29-15-22)18-21-6-4-20(5-7-21)17-34-10-8-33(2)9-11-34/h4-7,14-16H,8-13,17-18H2,1-3H3. The van der Waals surface area contributed by atoms with Crippen LogP contribution in [0.4, 0.5) is 4.39 Å². The number of aromatic nitrogens is 5. The maximum atomic E-state index is 14.1. The van der Waals surface area contributed by atoms with Crippen LogP contribution < -0.4 is 4.74 Å². The van der Waals surface area contributed by atoms with Crippen LogP contribution in [-0.4, -0.2) is 87.9 Å². The Labute approximate surface area is 215 Å². The van der Waals surface area contributed by atoms with Gasteiger partial charge in [-0.3, -0.25) is 9.88 Å². The Morgan fingerprint density at radius 2 is 1.65 bits per heavy atom. The molecule has 1 saturated heterocycles. The lowest BCUT2D eigenvalue weighted by atomic mass is 10.1. The minimum absolute atomic E-state index is 0.259. The van der Waals surface area contributed by atoms with Crippen LogP contribution >= 0.6 is 0 Å². The highest BCUT2D eigenvalue weighted by Gasteiger charge is 2.19. The third-order valence-electron chi connectivity index (χ3n) is 6.60. The number of benzene rings is 1. The molecule has 3 aromatic heterocycles. The first-order valence-electron chi connectivity index (χ1n) is 12.5. The Morgan fingerprint density at radius 3 is 2.35 bits per heavy atom. The van der Waals surface area contributed by atoms with Crippen LogP contribution in [0.2, 0.25) is 0 Å². The monoisotopic (exact) mass is 505 g/mol. The number of aryl methyl sites for hydroxylation is 1. The van der Waals surface area contributed by atoms with Gasteiger partial charge in [0.05, 0.1) is 25.0 Å². The Kier molecular flexibility index (Phi) is 7.68. The lowest BCUT2D eigenvalue weighted by molar-refractivity contribution is 0.141. The highest BCUT2D eigenvalue weighted by Crippen LogP contribution is 2.27. The molecule has 0 bridgehead atoms. The van der Waals surface area contributed by atoms with Crippen molar-refractivity contribution in [2.45, 2.75) is 20.0 Å². The number of hydrogen-bond donors (Lipinski definition) is 0. The number of imidazole rings is 1. The van der Waals surface area contributed by atoms with Crippen molar-refractivity contribution in [1.82, 2.24) is 34.3 Å². The van der Waals surface area contributed by atoms with Crippen LogP contribution in [0.1, 0.15) is 16.8 Å². The molecule has 1 aliphatic heterocycles. The molecule has 0 amide bonds. The summed E-state index contributed by atoms with van der Waals surface area (Å²) in [6, 6.07) is 10.3. The molecule has 0 saturated carbocycles. The van der Waals surface area contributed by atoms with Gasteiger partial charge in [-0.05, 0) is 31.2 Å². The molecule has 9 nitrogen and oxygen atoms in total. The van der Waals surface area contributed by atoms with E-state index in [1.165, 1.54) is 17.8 Å². The average Bonchev–Trinajstić information content (AvgIpc) is 3.25. The summed E-state index contributed by atoms with van der Waals surface area (Å²) in [7, 11) is 3.78. The van der Waals surface area contributed by atoms with Crippen molar-refractivity contribution in [3.8, 4) is 17.4 Å². The summed E-state index contributed by atoms with van der Waals surface area (Å²) in [5.41, 5.74) is 4.90. The predicted molar refractivity (Wildman–Crippen MR) is 139 cm³/mol. The van der Waals surface area contributed by atoms with Gasteiger partial charge in [0.15, 0.2) is 5.65 Å². The van der Waals surface area contributed by atoms with Crippen molar-refractivity contribution in [3.63, 3.8) is 0 Å². The van der Waals surface area contributed by atoms with Crippen LogP contribution in [0.5, 0.6) is 6.01 Å². The number of pyridine rings is 1. The van der Waals surface area contributed by atoms with E-state index < -0.39 is 5.82 Å². The molecule has 1 aliphatic rings. The van der Waals surface area contributed by atoms with Gasteiger partial charge in [0, 0.05) is 51.6 Å². The molecule has 4 aromatic rings. The summed E-state index contributed by atoms with van der Waals surface area (Å²) in [4.78, 5) is 22.8. The summed E-state index contributed by atoms with van der Waals surface area (Å²) in [6.07, 6.45) is 2.79. The van der Waals surface area contributed by atoms with Crippen LogP contribution in [0.15, 0.2) is 42.7 Å². The zero-order chi connectivity index (χ0) is 25.8. The third kappa shape index (κ3) is 5.93. The minimum Gasteiger partial charge on any atom is -0.461 e. The topological polar surface area (TPSA) is 81.4 Å². The number of fused-ring (bicyclic) bond motifs is 1. The molecule has 0 atom stereocenters. The molecule has 0 radical (unpaired) electrons. The van der Waals surface area contributed by atoms with Gasteiger partial charge < -0.3 is 18.9 Å². The van der Waals surface area contributed by atoms with Gasteiger partial charge in [-0.15, -0.1) is 0 Å². The fourth-order valence-corrected chi connectivity index (χ4v) is 4.49. The second-order valence-corrected chi connectivity index (χ2v) is 9.41. The third-order valence-corrected chi connectivity index (χ3v) is 6.60. The minimum atomic E-state index is -0.421. The zero-order valence-corrected chi connectivity index (χ0v) is 21.5. The number of hydrogen-bond acceptors (Lipinski definition) is 8. The predicted octanol–water partition coefficient (Wildman–Crippen LogP) is 3.16. The maximum Gasteiger partial charge on any atom is 0.318 e. The molecule has 0 unspecified atom stereocenters. The lowest BCUT2D eigenvalue weighted by Crippen LogP contribution is -2.43. The van der Waals surface area contributed by atoms with E-state index in [4.69, 9.17) is 14.5 Å². The van der Waals surface area contributed by atoms with Crippen LogP contribution in [-0.2, 0) is 17.8 Å². The van der Waals surface area contributed by atoms with Crippen molar-refractivity contribution in [2.24, 2.45) is 0 Å². The first kappa shape index (κ1) is 25.2. The Bertz CT molecular complexity index is 1350. The van der Waals surface area contributed by atoms with Crippen LogP contribution in [0.3, 0.4) is 0 Å². The van der Waals surface area contributed by atoms with Crippen molar-refractivity contribution in [3.05, 3.63) is 65.4 Å². The van der Waals surface area contributed by atoms with E-state index in [0.29, 0.717) is 48.0 Å². The first-order valence-corrected chi connectivity index (χ1v) is 12.5. The Hall–Kier alpha value is -3.47. The largest absolute Gasteiger partial charge is 0.461 e. The zero-order valence-electron chi connectivity index (χ0n) is 21.5. The number of ether oxygens (including phenoxy) is 2. The molecular weight excluding hydrogens is 473 g/mol. The lowest BCUT2D eigenvalue weighted by Gasteiger charge is -2.32. The summed E-state index contributed by atoms with van der Waals surface area (Å²) >= 11 is 0. The highest BCUT2D eigenvalue weighted by atomic mass is 19.1. The molecule has 194 valence electrons.